The quantitative estimate of drug-likeness (QED) is 0.654. The Bertz CT molecular complexity index is 810. The third-order valence-electron chi connectivity index (χ3n) is 3.52. The molecule has 0 atom stereocenters. The summed E-state index contributed by atoms with van der Waals surface area (Å²) in [5, 5.41) is 0. The van der Waals surface area contributed by atoms with Crippen molar-refractivity contribution in [2.24, 2.45) is 0 Å². The highest BCUT2D eigenvalue weighted by molar-refractivity contribution is 5.81. The number of hydrogen-bond donors (Lipinski definition) is 0. The van der Waals surface area contributed by atoms with Crippen LogP contribution in [0.3, 0.4) is 0 Å². The standard InChI is InChI=1S/C18H13F3N2/c1-12-3-5-13(6-4-12)15-8-7-14(18(19,20)21)11-16(15)17-22-9-2-10-23-17/h2-11H,1H3. The van der Waals surface area contributed by atoms with Gasteiger partial charge >= 0.3 is 6.18 Å². The van der Waals surface area contributed by atoms with E-state index in [2.05, 4.69) is 9.97 Å². The molecule has 0 aliphatic rings. The van der Waals surface area contributed by atoms with Gasteiger partial charge in [-0.15, -0.1) is 0 Å². The van der Waals surface area contributed by atoms with E-state index in [9.17, 15) is 13.2 Å². The van der Waals surface area contributed by atoms with Gasteiger partial charge in [0.25, 0.3) is 0 Å². The highest BCUT2D eigenvalue weighted by Gasteiger charge is 2.31. The molecule has 0 spiro atoms. The maximum Gasteiger partial charge on any atom is 0.416 e. The van der Waals surface area contributed by atoms with Gasteiger partial charge in [0, 0.05) is 18.0 Å². The van der Waals surface area contributed by atoms with E-state index >= 15 is 0 Å². The molecule has 2 aromatic carbocycles. The van der Waals surface area contributed by atoms with E-state index in [0.717, 1.165) is 23.3 Å². The van der Waals surface area contributed by atoms with Crippen LogP contribution < -0.4 is 0 Å². The summed E-state index contributed by atoms with van der Waals surface area (Å²) in [5.41, 5.74) is 2.23. The van der Waals surface area contributed by atoms with E-state index in [-0.39, 0.29) is 5.82 Å². The van der Waals surface area contributed by atoms with Crippen molar-refractivity contribution in [3.8, 4) is 22.5 Å². The Balaban J connectivity index is 2.21. The van der Waals surface area contributed by atoms with E-state index in [1.54, 1.807) is 6.07 Å². The SMILES string of the molecule is Cc1ccc(-c2ccc(C(F)(F)F)cc2-c2ncccn2)cc1. The number of benzene rings is 2. The molecule has 0 amide bonds. The van der Waals surface area contributed by atoms with E-state index < -0.39 is 11.7 Å². The Morgan fingerprint density at radius 3 is 2.09 bits per heavy atom. The van der Waals surface area contributed by atoms with Gasteiger partial charge in [0.15, 0.2) is 5.82 Å². The van der Waals surface area contributed by atoms with Crippen molar-refractivity contribution < 1.29 is 13.2 Å². The Morgan fingerprint density at radius 1 is 0.826 bits per heavy atom. The first-order valence-corrected chi connectivity index (χ1v) is 7.01. The summed E-state index contributed by atoms with van der Waals surface area (Å²) in [7, 11) is 0. The van der Waals surface area contributed by atoms with Gasteiger partial charge in [-0.1, -0.05) is 35.9 Å². The van der Waals surface area contributed by atoms with Gasteiger partial charge in [0.1, 0.15) is 0 Å². The smallest absolute Gasteiger partial charge is 0.237 e. The third-order valence-corrected chi connectivity index (χ3v) is 3.52. The molecule has 116 valence electrons. The average Bonchev–Trinajstić information content (AvgIpc) is 2.55. The van der Waals surface area contributed by atoms with Crippen molar-refractivity contribution in [3.63, 3.8) is 0 Å². The zero-order chi connectivity index (χ0) is 16.4. The van der Waals surface area contributed by atoms with E-state index in [1.807, 2.05) is 31.2 Å². The first-order valence-electron chi connectivity index (χ1n) is 7.01. The van der Waals surface area contributed by atoms with Gasteiger partial charge in [-0.2, -0.15) is 13.2 Å². The summed E-state index contributed by atoms with van der Waals surface area (Å²) >= 11 is 0. The lowest BCUT2D eigenvalue weighted by molar-refractivity contribution is -0.137. The Labute approximate surface area is 131 Å². The van der Waals surface area contributed by atoms with Crippen molar-refractivity contribution >= 4 is 0 Å². The number of aromatic nitrogens is 2. The molecule has 0 fully saturated rings. The van der Waals surface area contributed by atoms with Crippen molar-refractivity contribution in [2.45, 2.75) is 13.1 Å². The maximum atomic E-state index is 13.0. The van der Waals surface area contributed by atoms with Gasteiger partial charge in [-0.05, 0) is 36.2 Å². The van der Waals surface area contributed by atoms with Crippen LogP contribution in [0.1, 0.15) is 11.1 Å². The van der Waals surface area contributed by atoms with Crippen LogP contribution >= 0.6 is 0 Å². The van der Waals surface area contributed by atoms with Crippen molar-refractivity contribution in [3.05, 3.63) is 72.1 Å². The first kappa shape index (κ1) is 15.2. The monoisotopic (exact) mass is 314 g/mol. The summed E-state index contributed by atoms with van der Waals surface area (Å²) in [5.74, 6) is 0.272. The molecular formula is C18H13F3N2. The van der Waals surface area contributed by atoms with Gasteiger partial charge in [-0.25, -0.2) is 9.97 Å². The van der Waals surface area contributed by atoms with Crippen LogP contribution in [0.25, 0.3) is 22.5 Å². The average molecular weight is 314 g/mol. The normalized spacial score (nSPS) is 11.5. The number of rotatable bonds is 2. The fourth-order valence-corrected chi connectivity index (χ4v) is 2.33. The van der Waals surface area contributed by atoms with Crippen molar-refractivity contribution in [1.82, 2.24) is 9.97 Å². The number of alkyl halides is 3. The third kappa shape index (κ3) is 3.23. The highest BCUT2D eigenvalue weighted by Crippen LogP contribution is 2.36. The van der Waals surface area contributed by atoms with Crippen molar-refractivity contribution in [2.75, 3.05) is 0 Å². The first-order chi connectivity index (χ1) is 10.9. The van der Waals surface area contributed by atoms with Crippen molar-refractivity contribution in [1.29, 1.82) is 0 Å². The molecule has 1 heterocycles. The zero-order valence-corrected chi connectivity index (χ0v) is 12.3. The molecule has 0 radical (unpaired) electrons. The topological polar surface area (TPSA) is 25.8 Å². The molecule has 0 aliphatic heterocycles. The number of halogens is 3. The number of nitrogens with zero attached hydrogens (tertiary/aromatic N) is 2. The Kier molecular flexibility index (Phi) is 3.86. The molecule has 0 aliphatic carbocycles. The summed E-state index contributed by atoms with van der Waals surface area (Å²) < 4.78 is 39.1. The summed E-state index contributed by atoms with van der Waals surface area (Å²) in [4.78, 5) is 8.19. The number of aryl methyl sites for hydroxylation is 1. The molecule has 1 aromatic heterocycles. The summed E-state index contributed by atoms with van der Waals surface area (Å²) in [6, 6.07) is 12.9. The van der Waals surface area contributed by atoms with Crippen LogP contribution in [-0.4, -0.2) is 9.97 Å². The largest absolute Gasteiger partial charge is 0.416 e. The fourth-order valence-electron chi connectivity index (χ4n) is 2.33. The maximum absolute atomic E-state index is 13.0. The molecule has 5 heteroatoms. The molecule has 23 heavy (non-hydrogen) atoms. The minimum Gasteiger partial charge on any atom is -0.237 e. The predicted molar refractivity (Wildman–Crippen MR) is 82.6 cm³/mol. The molecule has 0 saturated carbocycles. The zero-order valence-electron chi connectivity index (χ0n) is 12.3. The van der Waals surface area contributed by atoms with Crippen LogP contribution in [0.4, 0.5) is 13.2 Å². The van der Waals surface area contributed by atoms with Crippen LogP contribution in [-0.2, 0) is 6.18 Å². The minimum absolute atomic E-state index is 0.272. The van der Waals surface area contributed by atoms with Gasteiger partial charge in [0.05, 0.1) is 5.56 Å². The van der Waals surface area contributed by atoms with E-state index in [0.29, 0.717) is 11.1 Å². The van der Waals surface area contributed by atoms with E-state index in [4.69, 9.17) is 0 Å². The molecule has 2 nitrogen and oxygen atoms in total. The molecule has 3 aromatic rings. The lowest BCUT2D eigenvalue weighted by Gasteiger charge is -2.13. The molecule has 3 rings (SSSR count). The van der Waals surface area contributed by atoms with Crippen LogP contribution in [0, 0.1) is 6.92 Å². The molecule has 0 N–H and O–H groups in total. The summed E-state index contributed by atoms with van der Waals surface area (Å²) in [6.07, 6.45) is -1.38. The molecule has 0 unspecified atom stereocenters. The lowest BCUT2D eigenvalue weighted by Crippen LogP contribution is -2.05. The highest BCUT2D eigenvalue weighted by atomic mass is 19.4. The van der Waals surface area contributed by atoms with Crippen LogP contribution in [0.15, 0.2) is 60.9 Å². The Hall–Kier alpha value is -2.69. The second-order valence-electron chi connectivity index (χ2n) is 5.20. The van der Waals surface area contributed by atoms with Gasteiger partial charge < -0.3 is 0 Å². The minimum atomic E-state index is -4.41. The van der Waals surface area contributed by atoms with Gasteiger partial charge in [0.2, 0.25) is 0 Å². The van der Waals surface area contributed by atoms with Crippen LogP contribution in [0.2, 0.25) is 0 Å². The lowest BCUT2D eigenvalue weighted by atomic mass is 9.96. The molecular weight excluding hydrogens is 301 g/mol. The van der Waals surface area contributed by atoms with Crippen LogP contribution in [0.5, 0.6) is 0 Å². The second kappa shape index (κ2) is 5.83. The molecule has 0 bridgehead atoms. The fraction of sp³-hybridized carbons (Fsp3) is 0.111. The molecule has 0 saturated heterocycles. The Morgan fingerprint density at radius 2 is 1.48 bits per heavy atom. The predicted octanol–water partition coefficient (Wildman–Crippen LogP) is 5.14. The second-order valence-corrected chi connectivity index (χ2v) is 5.20. The van der Waals surface area contributed by atoms with Gasteiger partial charge in [-0.3, -0.25) is 0 Å². The summed E-state index contributed by atoms with van der Waals surface area (Å²) in [6.45, 7) is 1.96. The van der Waals surface area contributed by atoms with E-state index in [1.165, 1.54) is 18.5 Å². The number of hydrogen-bond acceptors (Lipinski definition) is 2.